The van der Waals surface area contributed by atoms with E-state index < -0.39 is 10.0 Å². The highest BCUT2D eigenvalue weighted by Gasteiger charge is 2.21. The molecule has 0 unspecified atom stereocenters. The number of ether oxygens (including phenoxy) is 1. The first kappa shape index (κ1) is 16.4. The summed E-state index contributed by atoms with van der Waals surface area (Å²) in [6, 6.07) is 11.2. The van der Waals surface area contributed by atoms with Crippen LogP contribution in [0.4, 0.5) is 5.69 Å². The summed E-state index contributed by atoms with van der Waals surface area (Å²) in [6.45, 7) is 0.744. The molecule has 25 heavy (non-hydrogen) atoms. The number of aromatic amines is 1. The van der Waals surface area contributed by atoms with Crippen LogP contribution in [-0.2, 0) is 14.8 Å². The molecule has 2 heterocycles. The molecular weight excluding hydrogens is 362 g/mol. The average Bonchev–Trinajstić information content (AvgIpc) is 3.23. The maximum atomic E-state index is 12.5. The molecule has 130 valence electrons. The predicted molar refractivity (Wildman–Crippen MR) is 96.3 cm³/mol. The van der Waals surface area contributed by atoms with Gasteiger partial charge in [0.15, 0.2) is 0 Å². The molecule has 1 aromatic heterocycles. The molecule has 0 aliphatic carbocycles. The van der Waals surface area contributed by atoms with Crippen molar-refractivity contribution in [3.63, 3.8) is 0 Å². The predicted octanol–water partition coefficient (Wildman–Crippen LogP) is 3.87. The molecule has 0 saturated carbocycles. The molecule has 1 fully saturated rings. The maximum absolute atomic E-state index is 12.5. The molecule has 6 nitrogen and oxygen atoms in total. The van der Waals surface area contributed by atoms with Crippen LogP contribution >= 0.6 is 11.6 Å². The molecule has 0 radical (unpaired) electrons. The standard InChI is InChI=1S/C17H16ClN3O3S/c18-11-3-6-13(7-4-11)25(22,23)21-12-5-8-14-15(10-12)20-17(19-14)16-2-1-9-24-16/h3-8,10,16,21H,1-2,9H2,(H,19,20)/t16-/m1/s1. The second kappa shape index (κ2) is 6.33. The van der Waals surface area contributed by atoms with Gasteiger partial charge < -0.3 is 9.72 Å². The summed E-state index contributed by atoms with van der Waals surface area (Å²) in [7, 11) is -3.68. The number of aromatic nitrogens is 2. The van der Waals surface area contributed by atoms with Crippen LogP contribution in [0.15, 0.2) is 47.4 Å². The highest BCUT2D eigenvalue weighted by atomic mass is 35.5. The van der Waals surface area contributed by atoms with E-state index in [0.29, 0.717) is 10.7 Å². The Morgan fingerprint density at radius 2 is 2.00 bits per heavy atom. The third-order valence-corrected chi connectivity index (χ3v) is 5.76. The van der Waals surface area contributed by atoms with Crippen LogP contribution in [0.5, 0.6) is 0 Å². The van der Waals surface area contributed by atoms with Gasteiger partial charge in [-0.25, -0.2) is 13.4 Å². The number of fused-ring (bicyclic) bond motifs is 1. The van der Waals surface area contributed by atoms with Gasteiger partial charge in [-0.1, -0.05) is 11.6 Å². The molecule has 1 atom stereocenters. The van der Waals surface area contributed by atoms with E-state index in [-0.39, 0.29) is 11.0 Å². The minimum Gasteiger partial charge on any atom is -0.370 e. The Labute approximate surface area is 150 Å². The Hall–Kier alpha value is -2.09. The number of H-pyrrole nitrogens is 1. The molecule has 8 heteroatoms. The number of rotatable bonds is 4. The molecule has 4 rings (SSSR count). The molecule has 0 spiro atoms. The SMILES string of the molecule is O=S(=O)(Nc1ccc2nc([C@H]3CCCO3)[nH]c2c1)c1ccc(Cl)cc1. The number of anilines is 1. The van der Waals surface area contributed by atoms with Gasteiger partial charge in [0.1, 0.15) is 11.9 Å². The molecule has 0 amide bonds. The van der Waals surface area contributed by atoms with E-state index in [4.69, 9.17) is 16.3 Å². The Bertz CT molecular complexity index is 1010. The van der Waals surface area contributed by atoms with Gasteiger partial charge in [-0.05, 0) is 55.3 Å². The molecule has 0 bridgehead atoms. The lowest BCUT2D eigenvalue weighted by molar-refractivity contribution is 0.106. The van der Waals surface area contributed by atoms with Crippen LogP contribution in [0.3, 0.4) is 0 Å². The molecule has 1 aliphatic heterocycles. The minimum absolute atomic E-state index is 0.0124. The minimum atomic E-state index is -3.68. The van der Waals surface area contributed by atoms with Crippen molar-refractivity contribution in [2.75, 3.05) is 11.3 Å². The Morgan fingerprint density at radius 1 is 1.20 bits per heavy atom. The quantitative estimate of drug-likeness (QED) is 0.722. The number of halogens is 1. The zero-order valence-corrected chi connectivity index (χ0v) is 14.8. The largest absolute Gasteiger partial charge is 0.370 e. The van der Waals surface area contributed by atoms with Gasteiger partial charge >= 0.3 is 0 Å². The van der Waals surface area contributed by atoms with Gasteiger partial charge in [0.05, 0.1) is 21.6 Å². The smallest absolute Gasteiger partial charge is 0.261 e. The van der Waals surface area contributed by atoms with Gasteiger partial charge in [-0.15, -0.1) is 0 Å². The summed E-state index contributed by atoms with van der Waals surface area (Å²) in [5, 5.41) is 0.486. The summed E-state index contributed by atoms with van der Waals surface area (Å²) >= 11 is 5.81. The van der Waals surface area contributed by atoms with Crippen LogP contribution in [0.1, 0.15) is 24.8 Å². The number of hydrogen-bond donors (Lipinski definition) is 2. The van der Waals surface area contributed by atoms with Gasteiger partial charge in [0, 0.05) is 11.6 Å². The second-order valence-electron chi connectivity index (χ2n) is 5.92. The molecular formula is C17H16ClN3O3S. The Kier molecular flexibility index (Phi) is 4.15. The first-order chi connectivity index (χ1) is 12.0. The van der Waals surface area contributed by atoms with Crippen LogP contribution in [-0.4, -0.2) is 25.0 Å². The van der Waals surface area contributed by atoms with Crippen molar-refractivity contribution in [1.29, 1.82) is 0 Å². The fourth-order valence-corrected chi connectivity index (χ4v) is 4.04. The fourth-order valence-electron chi connectivity index (χ4n) is 2.87. The average molecular weight is 378 g/mol. The molecule has 2 aromatic carbocycles. The van der Waals surface area contributed by atoms with Crippen molar-refractivity contribution < 1.29 is 13.2 Å². The van der Waals surface area contributed by atoms with Crippen molar-refractivity contribution in [2.24, 2.45) is 0 Å². The highest BCUT2D eigenvalue weighted by molar-refractivity contribution is 7.92. The third-order valence-electron chi connectivity index (χ3n) is 4.11. The first-order valence-corrected chi connectivity index (χ1v) is 9.77. The zero-order chi connectivity index (χ0) is 17.4. The van der Waals surface area contributed by atoms with Crippen LogP contribution in [0, 0.1) is 0 Å². The number of hydrogen-bond acceptors (Lipinski definition) is 4. The molecule has 1 saturated heterocycles. The van der Waals surface area contributed by atoms with E-state index in [9.17, 15) is 8.42 Å². The van der Waals surface area contributed by atoms with E-state index in [1.807, 2.05) is 0 Å². The number of benzene rings is 2. The third kappa shape index (κ3) is 3.35. The molecule has 3 aromatic rings. The Balaban J connectivity index is 1.61. The lowest BCUT2D eigenvalue weighted by Gasteiger charge is -2.08. The van der Waals surface area contributed by atoms with E-state index in [1.54, 1.807) is 30.3 Å². The van der Waals surface area contributed by atoms with Gasteiger partial charge in [-0.3, -0.25) is 4.72 Å². The van der Waals surface area contributed by atoms with E-state index >= 15 is 0 Å². The number of sulfonamides is 1. The van der Waals surface area contributed by atoms with E-state index in [0.717, 1.165) is 36.3 Å². The summed E-state index contributed by atoms with van der Waals surface area (Å²) in [6.07, 6.45) is 1.95. The highest BCUT2D eigenvalue weighted by Crippen LogP contribution is 2.29. The second-order valence-corrected chi connectivity index (χ2v) is 8.03. The van der Waals surface area contributed by atoms with Crippen LogP contribution in [0.25, 0.3) is 11.0 Å². The van der Waals surface area contributed by atoms with Gasteiger partial charge in [-0.2, -0.15) is 0 Å². The fraction of sp³-hybridized carbons (Fsp3) is 0.235. The van der Waals surface area contributed by atoms with Crippen LogP contribution < -0.4 is 4.72 Å². The van der Waals surface area contributed by atoms with Gasteiger partial charge in [0.2, 0.25) is 0 Å². The number of nitrogens with zero attached hydrogens (tertiary/aromatic N) is 1. The van der Waals surface area contributed by atoms with Crippen molar-refractivity contribution in [1.82, 2.24) is 9.97 Å². The van der Waals surface area contributed by atoms with E-state index in [2.05, 4.69) is 14.7 Å². The van der Waals surface area contributed by atoms with Crippen LogP contribution in [0.2, 0.25) is 5.02 Å². The van der Waals surface area contributed by atoms with Crippen molar-refractivity contribution in [3.8, 4) is 0 Å². The topological polar surface area (TPSA) is 84.1 Å². The lowest BCUT2D eigenvalue weighted by atomic mass is 10.2. The summed E-state index contributed by atoms with van der Waals surface area (Å²) < 4.78 is 33.1. The monoisotopic (exact) mass is 377 g/mol. The summed E-state index contributed by atoms with van der Waals surface area (Å²) in [4.78, 5) is 7.90. The van der Waals surface area contributed by atoms with Gasteiger partial charge in [0.25, 0.3) is 10.0 Å². The summed E-state index contributed by atoms with van der Waals surface area (Å²) in [5.74, 6) is 0.783. The van der Waals surface area contributed by atoms with Crippen molar-refractivity contribution >= 4 is 38.3 Å². The number of imidazole rings is 1. The van der Waals surface area contributed by atoms with Crippen molar-refractivity contribution in [2.45, 2.75) is 23.8 Å². The maximum Gasteiger partial charge on any atom is 0.261 e. The van der Waals surface area contributed by atoms with Crippen molar-refractivity contribution in [3.05, 3.63) is 53.3 Å². The van der Waals surface area contributed by atoms with E-state index in [1.165, 1.54) is 12.1 Å². The molecule has 1 aliphatic rings. The Morgan fingerprint density at radius 3 is 2.72 bits per heavy atom. The number of nitrogens with one attached hydrogen (secondary N) is 2. The summed E-state index contributed by atoms with van der Waals surface area (Å²) in [5.41, 5.74) is 2.01. The normalized spacial score (nSPS) is 17.9. The zero-order valence-electron chi connectivity index (χ0n) is 13.2. The lowest BCUT2D eigenvalue weighted by Crippen LogP contribution is -2.12. The molecule has 2 N–H and O–H groups in total. The first-order valence-electron chi connectivity index (χ1n) is 7.91.